The summed E-state index contributed by atoms with van der Waals surface area (Å²) in [6.07, 6.45) is 4.42. The molecular weight excluding hydrogens is 266 g/mol. The maximum absolute atomic E-state index is 11.8. The zero-order valence-corrected chi connectivity index (χ0v) is 13.9. The Kier molecular flexibility index (Phi) is 8.69. The molecule has 1 rings (SSSR count). The normalized spacial score (nSPS) is 21.3. The average molecular weight is 299 g/mol. The molecule has 1 aliphatic rings. The molecule has 0 spiro atoms. The lowest BCUT2D eigenvalue weighted by Crippen LogP contribution is -2.45. The van der Waals surface area contributed by atoms with Crippen LogP contribution in [0.3, 0.4) is 0 Å². The summed E-state index contributed by atoms with van der Waals surface area (Å²) in [4.78, 5) is 14.2. The summed E-state index contributed by atoms with van der Waals surface area (Å²) in [7, 11) is 0. The molecule has 2 amide bonds. The number of carbonyl (C=O) groups excluding carboxylic acids is 1. The van der Waals surface area contributed by atoms with Crippen LogP contribution in [0, 0.1) is 11.8 Å². The first kappa shape index (κ1) is 18.2. The van der Waals surface area contributed by atoms with Crippen molar-refractivity contribution in [3.63, 3.8) is 0 Å². The highest BCUT2D eigenvalue weighted by Gasteiger charge is 2.16. The Labute approximate surface area is 129 Å². The van der Waals surface area contributed by atoms with Crippen LogP contribution in [-0.4, -0.2) is 54.9 Å². The summed E-state index contributed by atoms with van der Waals surface area (Å²) in [5.41, 5.74) is 0. The Morgan fingerprint density at radius 2 is 2.19 bits per heavy atom. The van der Waals surface area contributed by atoms with Crippen LogP contribution in [0.5, 0.6) is 0 Å². The summed E-state index contributed by atoms with van der Waals surface area (Å²) in [5.74, 6) is 1.26. The molecule has 21 heavy (non-hydrogen) atoms. The van der Waals surface area contributed by atoms with Gasteiger partial charge < -0.3 is 20.6 Å². The quantitative estimate of drug-likeness (QED) is 0.599. The van der Waals surface area contributed by atoms with Crippen molar-refractivity contribution in [3.05, 3.63) is 0 Å². The van der Waals surface area contributed by atoms with E-state index in [1.807, 2.05) is 0 Å². The van der Waals surface area contributed by atoms with Crippen molar-refractivity contribution in [3.8, 4) is 0 Å². The van der Waals surface area contributed by atoms with Crippen LogP contribution in [0.1, 0.15) is 46.5 Å². The zero-order valence-electron chi connectivity index (χ0n) is 13.9. The minimum absolute atomic E-state index is 0.00271. The summed E-state index contributed by atoms with van der Waals surface area (Å²) < 4.78 is 0. The number of nitrogens with zero attached hydrogens (tertiary/aromatic N) is 1. The van der Waals surface area contributed by atoms with Crippen molar-refractivity contribution in [2.75, 3.05) is 32.8 Å². The summed E-state index contributed by atoms with van der Waals surface area (Å²) in [5, 5.41) is 15.0. The molecule has 0 aromatic rings. The molecule has 0 aromatic heterocycles. The maximum atomic E-state index is 11.8. The number of piperidine rings is 1. The molecule has 2 unspecified atom stereocenters. The van der Waals surface area contributed by atoms with Crippen LogP contribution in [0.2, 0.25) is 0 Å². The lowest BCUT2D eigenvalue weighted by molar-refractivity contribution is 0.181. The number of amides is 2. The van der Waals surface area contributed by atoms with E-state index in [0.29, 0.717) is 12.5 Å². The van der Waals surface area contributed by atoms with E-state index in [1.165, 1.54) is 25.9 Å². The molecule has 0 aliphatic carbocycles. The van der Waals surface area contributed by atoms with Crippen molar-refractivity contribution in [1.29, 1.82) is 0 Å². The molecular formula is C16H33N3O2. The molecule has 5 heteroatoms. The Morgan fingerprint density at radius 1 is 1.43 bits per heavy atom. The standard InChI is InChI=1S/C16H33N3O2/c1-13(2)10-15(12-20)18-16(21)17-7-5-9-19-8-4-6-14(3)11-19/h13-15,20H,4-12H2,1-3H3,(H2,17,18,21). The van der Waals surface area contributed by atoms with Crippen molar-refractivity contribution in [2.45, 2.75) is 52.5 Å². The van der Waals surface area contributed by atoms with Crippen LogP contribution < -0.4 is 10.6 Å². The molecule has 1 saturated heterocycles. The van der Waals surface area contributed by atoms with Gasteiger partial charge in [-0.3, -0.25) is 0 Å². The first-order valence-electron chi connectivity index (χ1n) is 8.38. The number of aliphatic hydroxyl groups excluding tert-OH is 1. The minimum atomic E-state index is -0.165. The molecule has 0 saturated carbocycles. The maximum Gasteiger partial charge on any atom is 0.315 e. The second kappa shape index (κ2) is 10.0. The summed E-state index contributed by atoms with van der Waals surface area (Å²) in [6, 6.07) is -0.311. The number of urea groups is 1. The number of nitrogens with one attached hydrogen (secondary N) is 2. The number of rotatable bonds is 8. The molecule has 0 bridgehead atoms. The average Bonchev–Trinajstić information content (AvgIpc) is 2.42. The van der Waals surface area contributed by atoms with Gasteiger partial charge in [-0.15, -0.1) is 0 Å². The molecule has 5 nitrogen and oxygen atoms in total. The fourth-order valence-electron chi connectivity index (χ4n) is 2.98. The SMILES string of the molecule is CC(C)CC(CO)NC(=O)NCCCN1CCCC(C)C1. The van der Waals surface area contributed by atoms with Gasteiger partial charge >= 0.3 is 6.03 Å². The smallest absolute Gasteiger partial charge is 0.315 e. The van der Waals surface area contributed by atoms with Crippen LogP contribution >= 0.6 is 0 Å². The minimum Gasteiger partial charge on any atom is -0.394 e. The van der Waals surface area contributed by atoms with Gasteiger partial charge in [0, 0.05) is 13.1 Å². The highest BCUT2D eigenvalue weighted by Crippen LogP contribution is 2.15. The van der Waals surface area contributed by atoms with Crippen molar-refractivity contribution in [1.82, 2.24) is 15.5 Å². The Balaban J connectivity index is 2.09. The number of hydrogen-bond donors (Lipinski definition) is 3. The highest BCUT2D eigenvalue weighted by atomic mass is 16.3. The van der Waals surface area contributed by atoms with Gasteiger partial charge in [-0.05, 0) is 50.6 Å². The number of carbonyl (C=O) groups is 1. The van der Waals surface area contributed by atoms with E-state index in [2.05, 4.69) is 36.3 Å². The van der Waals surface area contributed by atoms with Crippen LogP contribution in [0.4, 0.5) is 4.79 Å². The van der Waals surface area contributed by atoms with Crippen LogP contribution in [-0.2, 0) is 0 Å². The molecule has 0 aromatic carbocycles. The topological polar surface area (TPSA) is 64.6 Å². The van der Waals surface area contributed by atoms with Gasteiger partial charge in [0.2, 0.25) is 0 Å². The first-order valence-corrected chi connectivity index (χ1v) is 8.38. The van der Waals surface area contributed by atoms with E-state index >= 15 is 0 Å². The molecule has 3 N–H and O–H groups in total. The van der Waals surface area contributed by atoms with E-state index in [4.69, 9.17) is 0 Å². The van der Waals surface area contributed by atoms with E-state index in [0.717, 1.165) is 25.3 Å². The van der Waals surface area contributed by atoms with Crippen LogP contribution in [0.25, 0.3) is 0 Å². The molecule has 1 fully saturated rings. The third-order valence-corrected chi connectivity index (χ3v) is 3.99. The lowest BCUT2D eigenvalue weighted by atomic mass is 10.0. The van der Waals surface area contributed by atoms with E-state index in [-0.39, 0.29) is 18.7 Å². The second-order valence-corrected chi connectivity index (χ2v) is 6.81. The van der Waals surface area contributed by atoms with Gasteiger partial charge in [0.25, 0.3) is 0 Å². The number of hydrogen-bond acceptors (Lipinski definition) is 3. The fraction of sp³-hybridized carbons (Fsp3) is 0.938. The fourth-order valence-corrected chi connectivity index (χ4v) is 2.98. The van der Waals surface area contributed by atoms with Crippen molar-refractivity contribution in [2.24, 2.45) is 11.8 Å². The lowest BCUT2D eigenvalue weighted by Gasteiger charge is -2.30. The van der Waals surface area contributed by atoms with Gasteiger partial charge in [0.1, 0.15) is 0 Å². The van der Waals surface area contributed by atoms with E-state index in [1.54, 1.807) is 0 Å². The van der Waals surface area contributed by atoms with Gasteiger partial charge in [0.15, 0.2) is 0 Å². The third-order valence-electron chi connectivity index (χ3n) is 3.99. The number of likely N-dealkylation sites (tertiary alicyclic amines) is 1. The summed E-state index contributed by atoms with van der Waals surface area (Å²) >= 11 is 0. The van der Waals surface area contributed by atoms with Gasteiger partial charge in [-0.1, -0.05) is 20.8 Å². The van der Waals surface area contributed by atoms with Gasteiger partial charge in [0.05, 0.1) is 12.6 Å². The van der Waals surface area contributed by atoms with Gasteiger partial charge in [-0.2, -0.15) is 0 Å². The molecule has 1 aliphatic heterocycles. The molecule has 2 atom stereocenters. The monoisotopic (exact) mass is 299 g/mol. The Bertz CT molecular complexity index is 297. The zero-order chi connectivity index (χ0) is 15.7. The Hall–Kier alpha value is -0.810. The van der Waals surface area contributed by atoms with Crippen molar-refractivity contribution < 1.29 is 9.90 Å². The van der Waals surface area contributed by atoms with E-state index < -0.39 is 0 Å². The molecule has 0 radical (unpaired) electrons. The third kappa shape index (κ3) is 8.27. The first-order chi connectivity index (χ1) is 10.0. The Morgan fingerprint density at radius 3 is 2.81 bits per heavy atom. The van der Waals surface area contributed by atoms with Crippen molar-refractivity contribution >= 4 is 6.03 Å². The largest absolute Gasteiger partial charge is 0.394 e. The second-order valence-electron chi connectivity index (χ2n) is 6.81. The van der Waals surface area contributed by atoms with E-state index in [9.17, 15) is 9.90 Å². The molecule has 124 valence electrons. The number of aliphatic hydroxyl groups is 1. The predicted molar refractivity (Wildman–Crippen MR) is 86.3 cm³/mol. The highest BCUT2D eigenvalue weighted by molar-refractivity contribution is 5.74. The summed E-state index contributed by atoms with van der Waals surface area (Å²) in [6.45, 7) is 10.6. The predicted octanol–water partition coefficient (Wildman–Crippen LogP) is 1.81. The molecule has 1 heterocycles. The van der Waals surface area contributed by atoms with Gasteiger partial charge in [-0.25, -0.2) is 4.79 Å². The van der Waals surface area contributed by atoms with Crippen LogP contribution in [0.15, 0.2) is 0 Å².